The lowest BCUT2D eigenvalue weighted by Crippen LogP contribution is -2.53. The Labute approximate surface area is 206 Å². The Balaban J connectivity index is 3.22. The minimum Gasteiger partial charge on any atom is -0.467 e. The normalized spacial score (nSPS) is 12.7. The highest BCUT2D eigenvalue weighted by Crippen LogP contribution is 2.22. The van der Waals surface area contributed by atoms with Crippen LogP contribution in [0.2, 0.25) is 0 Å². The number of carbonyl (C=O) groups is 4. The zero-order chi connectivity index (χ0) is 27.2. The van der Waals surface area contributed by atoms with Crippen molar-refractivity contribution in [3.8, 4) is 5.75 Å². The number of benzene rings is 1. The molecule has 0 saturated carbocycles. The highest BCUT2D eigenvalue weighted by Gasteiger charge is 2.41. The molecule has 0 bridgehead atoms. The molecule has 1 aromatic rings. The molecule has 0 heterocycles. The second-order valence-corrected chi connectivity index (χ2v) is 10.8. The van der Waals surface area contributed by atoms with Gasteiger partial charge in [-0.3, -0.25) is 0 Å². The summed E-state index contributed by atoms with van der Waals surface area (Å²) in [6, 6.07) is 4.79. The van der Waals surface area contributed by atoms with Crippen molar-refractivity contribution in [2.45, 2.75) is 91.6 Å². The topological polar surface area (TPSA) is 118 Å². The van der Waals surface area contributed by atoms with E-state index in [2.05, 4.69) is 0 Å². The van der Waals surface area contributed by atoms with Gasteiger partial charge in [-0.25, -0.2) is 19.2 Å². The molecule has 0 radical (unpaired) electrons. The van der Waals surface area contributed by atoms with Gasteiger partial charge in [-0.1, -0.05) is 12.1 Å². The zero-order valence-electron chi connectivity index (χ0n) is 22.2. The standard InChI is InChI=1S/C25H37NO9/c1-23(2,3)33-20(28)26(21(29)34-24(4,5)6)18(19(27)31-10)15-16-11-13-17(14-12-16)32-22(30)35-25(7,8)9/h11-14,18H,15H2,1-10H3/t18-/m0/s1. The molecule has 10 heteroatoms. The third-order valence-corrected chi connectivity index (χ3v) is 3.91. The van der Waals surface area contributed by atoms with E-state index in [9.17, 15) is 19.2 Å². The predicted octanol–water partition coefficient (Wildman–Crippen LogP) is 5.26. The second-order valence-electron chi connectivity index (χ2n) is 10.8. The van der Waals surface area contributed by atoms with Crippen LogP contribution in [0.3, 0.4) is 0 Å². The number of amides is 2. The number of methoxy groups -OCH3 is 1. The summed E-state index contributed by atoms with van der Waals surface area (Å²) in [4.78, 5) is 51.1. The van der Waals surface area contributed by atoms with E-state index >= 15 is 0 Å². The van der Waals surface area contributed by atoms with Gasteiger partial charge in [0, 0.05) is 6.42 Å². The molecule has 0 saturated heterocycles. The van der Waals surface area contributed by atoms with E-state index in [-0.39, 0.29) is 12.2 Å². The molecule has 10 nitrogen and oxygen atoms in total. The van der Waals surface area contributed by atoms with Gasteiger partial charge in [-0.05, 0) is 80.0 Å². The smallest absolute Gasteiger partial charge is 0.467 e. The Morgan fingerprint density at radius 1 is 0.743 bits per heavy atom. The van der Waals surface area contributed by atoms with Crippen LogP contribution in [-0.4, -0.2) is 59.2 Å². The number of esters is 1. The van der Waals surface area contributed by atoms with E-state index in [1.807, 2.05) is 0 Å². The highest BCUT2D eigenvalue weighted by atomic mass is 16.7. The first-order valence-electron chi connectivity index (χ1n) is 11.1. The molecule has 0 unspecified atom stereocenters. The van der Waals surface area contributed by atoms with Gasteiger partial charge in [-0.15, -0.1) is 0 Å². The Hall–Kier alpha value is -3.30. The van der Waals surface area contributed by atoms with E-state index in [4.69, 9.17) is 23.7 Å². The van der Waals surface area contributed by atoms with Crippen LogP contribution in [0.1, 0.15) is 67.9 Å². The third kappa shape index (κ3) is 11.1. The van der Waals surface area contributed by atoms with Crippen LogP contribution in [0, 0.1) is 0 Å². The molecule has 0 N–H and O–H groups in total. The van der Waals surface area contributed by atoms with Crippen molar-refractivity contribution >= 4 is 24.3 Å². The molecule has 1 rings (SSSR count). The van der Waals surface area contributed by atoms with Crippen molar-refractivity contribution in [3.05, 3.63) is 29.8 Å². The van der Waals surface area contributed by atoms with Gasteiger partial charge in [0.15, 0.2) is 0 Å². The highest BCUT2D eigenvalue weighted by molar-refractivity contribution is 5.94. The summed E-state index contributed by atoms with van der Waals surface area (Å²) >= 11 is 0. The van der Waals surface area contributed by atoms with Gasteiger partial charge in [0.25, 0.3) is 0 Å². The lowest BCUT2D eigenvalue weighted by molar-refractivity contribution is -0.146. The Bertz CT molecular complexity index is 875. The maximum absolute atomic E-state index is 13.0. The summed E-state index contributed by atoms with van der Waals surface area (Å²) in [5, 5.41) is 0. The molecule has 1 atom stereocenters. The molecule has 0 fully saturated rings. The van der Waals surface area contributed by atoms with Crippen molar-refractivity contribution in [1.82, 2.24) is 4.90 Å². The third-order valence-electron chi connectivity index (χ3n) is 3.91. The van der Waals surface area contributed by atoms with Crippen molar-refractivity contribution in [2.24, 2.45) is 0 Å². The number of nitrogens with zero attached hydrogens (tertiary/aromatic N) is 1. The van der Waals surface area contributed by atoms with E-state index in [0.717, 1.165) is 7.11 Å². The first-order valence-corrected chi connectivity index (χ1v) is 11.1. The first-order chi connectivity index (χ1) is 15.8. The monoisotopic (exact) mass is 495 g/mol. The minimum atomic E-state index is -1.37. The van der Waals surface area contributed by atoms with Crippen molar-refractivity contribution in [1.29, 1.82) is 0 Å². The summed E-state index contributed by atoms with van der Waals surface area (Å²) in [5.74, 6) is -0.621. The molecule has 2 amide bonds. The summed E-state index contributed by atoms with van der Waals surface area (Å²) in [6.07, 6.45) is -3.06. The van der Waals surface area contributed by atoms with Crippen LogP contribution in [0.4, 0.5) is 14.4 Å². The molecule has 196 valence electrons. The summed E-state index contributed by atoms with van der Waals surface area (Å²) in [6.45, 7) is 14.9. The van der Waals surface area contributed by atoms with Crippen LogP contribution < -0.4 is 4.74 Å². The Kier molecular flexibility index (Phi) is 9.70. The fourth-order valence-corrected chi connectivity index (χ4v) is 2.65. The van der Waals surface area contributed by atoms with Gasteiger partial charge >= 0.3 is 24.3 Å². The van der Waals surface area contributed by atoms with Gasteiger partial charge in [-0.2, -0.15) is 4.90 Å². The van der Waals surface area contributed by atoms with Gasteiger partial charge in [0.1, 0.15) is 28.6 Å². The van der Waals surface area contributed by atoms with Crippen LogP contribution in [0.15, 0.2) is 24.3 Å². The van der Waals surface area contributed by atoms with Crippen LogP contribution in [0.25, 0.3) is 0 Å². The fraction of sp³-hybridized carbons (Fsp3) is 0.600. The molecule has 1 aromatic carbocycles. The Morgan fingerprint density at radius 3 is 1.54 bits per heavy atom. The lowest BCUT2D eigenvalue weighted by Gasteiger charge is -2.32. The fourth-order valence-electron chi connectivity index (χ4n) is 2.65. The van der Waals surface area contributed by atoms with Gasteiger partial charge < -0.3 is 23.7 Å². The summed E-state index contributed by atoms with van der Waals surface area (Å²) in [7, 11) is 1.15. The van der Waals surface area contributed by atoms with Crippen LogP contribution in [0.5, 0.6) is 5.75 Å². The number of imide groups is 1. The Morgan fingerprint density at radius 2 is 1.17 bits per heavy atom. The number of carbonyl (C=O) groups excluding carboxylic acids is 4. The minimum absolute atomic E-state index is 0.0993. The predicted molar refractivity (Wildman–Crippen MR) is 127 cm³/mol. The maximum atomic E-state index is 13.0. The number of hydrogen-bond donors (Lipinski definition) is 0. The molecule has 0 aromatic heterocycles. The molecule has 0 aliphatic rings. The number of hydrogen-bond acceptors (Lipinski definition) is 9. The molecule has 0 spiro atoms. The van der Waals surface area contributed by atoms with Gasteiger partial charge in [0.2, 0.25) is 0 Å². The van der Waals surface area contributed by atoms with Gasteiger partial charge in [0.05, 0.1) is 7.11 Å². The quantitative estimate of drug-likeness (QED) is 0.306. The van der Waals surface area contributed by atoms with E-state index < -0.39 is 47.2 Å². The van der Waals surface area contributed by atoms with Crippen LogP contribution in [-0.2, 0) is 30.2 Å². The SMILES string of the molecule is COC(=O)[C@H](Cc1ccc(OC(=O)OC(C)(C)C)cc1)N(C(=O)OC(C)(C)C)C(=O)OC(C)(C)C. The van der Waals surface area contributed by atoms with Crippen molar-refractivity contribution < 1.29 is 42.9 Å². The van der Waals surface area contributed by atoms with Crippen LogP contribution >= 0.6 is 0 Å². The van der Waals surface area contributed by atoms with E-state index in [1.165, 1.54) is 12.1 Å². The molecule has 0 aliphatic heterocycles. The average molecular weight is 496 g/mol. The second kappa shape index (κ2) is 11.4. The summed E-state index contributed by atoms with van der Waals surface area (Å²) in [5.41, 5.74) is -2.02. The van der Waals surface area contributed by atoms with Crippen molar-refractivity contribution in [2.75, 3.05) is 7.11 Å². The molecular formula is C25H37NO9. The molecule has 35 heavy (non-hydrogen) atoms. The van der Waals surface area contributed by atoms with E-state index in [0.29, 0.717) is 10.5 Å². The molecular weight excluding hydrogens is 458 g/mol. The number of ether oxygens (including phenoxy) is 5. The molecule has 0 aliphatic carbocycles. The largest absolute Gasteiger partial charge is 0.514 e. The van der Waals surface area contributed by atoms with Crippen molar-refractivity contribution in [3.63, 3.8) is 0 Å². The number of rotatable bonds is 5. The van der Waals surface area contributed by atoms with E-state index in [1.54, 1.807) is 74.4 Å². The zero-order valence-corrected chi connectivity index (χ0v) is 22.2. The lowest BCUT2D eigenvalue weighted by atomic mass is 10.0. The average Bonchev–Trinajstić information content (AvgIpc) is 2.63. The first kappa shape index (κ1) is 29.7. The maximum Gasteiger partial charge on any atom is 0.514 e. The summed E-state index contributed by atoms with van der Waals surface area (Å²) < 4.78 is 25.8.